The smallest absolute Gasteiger partial charge is 0.268 e. The van der Waals surface area contributed by atoms with Crippen LogP contribution in [0, 0.1) is 0 Å². The molecule has 0 bridgehead atoms. The Labute approximate surface area is 369 Å². The van der Waals surface area contributed by atoms with Gasteiger partial charge in [-0.25, -0.2) is 0 Å². The van der Waals surface area contributed by atoms with E-state index in [1.807, 2.05) is 21.1 Å². The van der Waals surface area contributed by atoms with Crippen LogP contribution in [0.4, 0.5) is 0 Å². The number of allylic oxidation sites excluding steroid dienone is 16. The maximum atomic E-state index is 12.9. The highest BCUT2D eigenvalue weighted by Crippen LogP contribution is 2.38. The molecule has 3 atom stereocenters. The Kier molecular flexibility index (Phi) is 40.0. The van der Waals surface area contributed by atoms with E-state index in [2.05, 4.69) is 116 Å². The molecule has 0 saturated carbocycles. The van der Waals surface area contributed by atoms with Gasteiger partial charge in [-0.1, -0.05) is 182 Å². The molecule has 0 aromatic carbocycles. The summed E-state index contributed by atoms with van der Waals surface area (Å²) >= 11 is 0. The molecular formula is C51H89N2O6P. The zero-order valence-electron chi connectivity index (χ0n) is 38.9. The van der Waals surface area contributed by atoms with Crippen LogP contribution in [0.25, 0.3) is 0 Å². The summed E-state index contributed by atoms with van der Waals surface area (Å²) in [6.07, 6.45) is 58.6. The van der Waals surface area contributed by atoms with E-state index < -0.39 is 20.0 Å². The lowest BCUT2D eigenvalue weighted by atomic mass is 10.0. The van der Waals surface area contributed by atoms with Crippen molar-refractivity contribution in [1.29, 1.82) is 0 Å². The van der Waals surface area contributed by atoms with Crippen molar-refractivity contribution < 1.29 is 32.9 Å². The Bertz CT molecular complexity index is 1290. The number of phosphoric acid groups is 1. The zero-order valence-corrected chi connectivity index (χ0v) is 39.8. The van der Waals surface area contributed by atoms with Gasteiger partial charge in [-0.05, 0) is 77.0 Å². The van der Waals surface area contributed by atoms with Gasteiger partial charge in [-0.3, -0.25) is 9.36 Å². The minimum absolute atomic E-state index is 0.000863. The van der Waals surface area contributed by atoms with E-state index in [1.54, 1.807) is 0 Å². The maximum absolute atomic E-state index is 12.9. The summed E-state index contributed by atoms with van der Waals surface area (Å²) in [5.74, 6) is -0.197. The molecule has 0 rings (SSSR count). The van der Waals surface area contributed by atoms with Gasteiger partial charge in [-0.2, -0.15) is 0 Å². The summed E-state index contributed by atoms with van der Waals surface area (Å²) in [5, 5.41) is 13.8. The summed E-state index contributed by atoms with van der Waals surface area (Å²) in [7, 11) is 1.27. The van der Waals surface area contributed by atoms with Gasteiger partial charge >= 0.3 is 0 Å². The van der Waals surface area contributed by atoms with Crippen molar-refractivity contribution in [2.75, 3.05) is 40.9 Å². The lowest BCUT2D eigenvalue weighted by molar-refractivity contribution is -0.870. The zero-order chi connectivity index (χ0) is 44.3. The Morgan fingerprint density at radius 1 is 0.600 bits per heavy atom. The largest absolute Gasteiger partial charge is 0.756 e. The monoisotopic (exact) mass is 857 g/mol. The van der Waals surface area contributed by atoms with Crippen molar-refractivity contribution in [2.45, 2.75) is 180 Å². The fourth-order valence-corrected chi connectivity index (χ4v) is 6.83. The molecule has 60 heavy (non-hydrogen) atoms. The van der Waals surface area contributed by atoms with Crippen LogP contribution < -0.4 is 10.2 Å². The highest BCUT2D eigenvalue weighted by atomic mass is 31.2. The number of rotatable bonds is 41. The summed E-state index contributed by atoms with van der Waals surface area (Å²) in [5.41, 5.74) is 0. The van der Waals surface area contributed by atoms with Gasteiger partial charge in [0.1, 0.15) is 13.2 Å². The van der Waals surface area contributed by atoms with Gasteiger partial charge in [-0.15, -0.1) is 0 Å². The number of hydrogen-bond donors (Lipinski definition) is 2. The third kappa shape index (κ3) is 43.5. The predicted molar refractivity (Wildman–Crippen MR) is 256 cm³/mol. The average Bonchev–Trinajstić information content (AvgIpc) is 3.20. The predicted octanol–water partition coefficient (Wildman–Crippen LogP) is 12.9. The third-order valence-electron chi connectivity index (χ3n) is 9.84. The van der Waals surface area contributed by atoms with Crippen molar-refractivity contribution in [1.82, 2.24) is 5.32 Å². The average molecular weight is 857 g/mol. The number of aliphatic hydroxyl groups is 1. The van der Waals surface area contributed by atoms with Crippen LogP contribution in [-0.4, -0.2) is 68.5 Å². The van der Waals surface area contributed by atoms with Crippen LogP contribution >= 0.6 is 7.82 Å². The number of phosphoric ester groups is 1. The fraction of sp³-hybridized carbons (Fsp3) is 0.667. The molecule has 0 fully saturated rings. The van der Waals surface area contributed by atoms with E-state index in [0.29, 0.717) is 23.9 Å². The Morgan fingerprint density at radius 3 is 1.48 bits per heavy atom. The number of amides is 1. The molecule has 0 spiro atoms. The Hall–Kier alpha value is -2.58. The maximum Gasteiger partial charge on any atom is 0.268 e. The molecule has 0 aliphatic carbocycles. The minimum Gasteiger partial charge on any atom is -0.756 e. The van der Waals surface area contributed by atoms with Crippen molar-refractivity contribution >= 4 is 13.7 Å². The van der Waals surface area contributed by atoms with E-state index in [9.17, 15) is 19.4 Å². The number of unbranched alkanes of at least 4 members (excludes halogenated alkanes) is 12. The number of likely N-dealkylation sites (N-methyl/N-ethyl adjacent to an activating group) is 1. The first kappa shape index (κ1) is 57.4. The number of aliphatic hydroxyl groups excluding tert-OH is 1. The number of nitrogens with one attached hydrogen (secondary N) is 1. The second kappa shape index (κ2) is 41.8. The molecule has 3 unspecified atom stereocenters. The number of carbonyl (C=O) groups excluding carboxylic acids is 1. The van der Waals surface area contributed by atoms with Crippen LogP contribution in [0.15, 0.2) is 97.2 Å². The van der Waals surface area contributed by atoms with Gasteiger partial charge in [0, 0.05) is 6.42 Å². The summed E-state index contributed by atoms with van der Waals surface area (Å²) in [4.78, 5) is 25.3. The van der Waals surface area contributed by atoms with Crippen LogP contribution in [0.1, 0.15) is 168 Å². The van der Waals surface area contributed by atoms with Crippen molar-refractivity contribution in [3.05, 3.63) is 97.2 Å². The molecule has 2 N–H and O–H groups in total. The van der Waals surface area contributed by atoms with Crippen LogP contribution in [0.2, 0.25) is 0 Å². The molecule has 0 aliphatic heterocycles. The first-order valence-corrected chi connectivity index (χ1v) is 25.0. The number of nitrogens with zero attached hydrogens (tertiary/aromatic N) is 1. The van der Waals surface area contributed by atoms with E-state index in [1.165, 1.54) is 38.5 Å². The van der Waals surface area contributed by atoms with Crippen molar-refractivity contribution in [3.8, 4) is 0 Å². The molecular weight excluding hydrogens is 768 g/mol. The van der Waals surface area contributed by atoms with Gasteiger partial charge < -0.3 is 28.8 Å². The van der Waals surface area contributed by atoms with E-state index in [-0.39, 0.29) is 19.1 Å². The molecule has 9 heteroatoms. The minimum atomic E-state index is -4.57. The fourth-order valence-electron chi connectivity index (χ4n) is 6.11. The molecule has 344 valence electrons. The van der Waals surface area contributed by atoms with Gasteiger partial charge in [0.15, 0.2) is 0 Å². The van der Waals surface area contributed by atoms with Gasteiger partial charge in [0.05, 0.1) is 39.9 Å². The molecule has 0 aliphatic rings. The van der Waals surface area contributed by atoms with Crippen molar-refractivity contribution in [2.24, 2.45) is 0 Å². The first-order valence-electron chi connectivity index (χ1n) is 23.6. The standard InChI is InChI=1S/C51H89N2O6P/c1-6-8-10-12-14-16-17-18-19-20-21-22-23-24-25-26-27-28-29-30-31-32-33-34-35-37-39-41-43-45-51(55)52-49(48-59-60(56,57)58-47-46-53(3,4)5)50(54)44-42-40-38-36-15-13-11-9-7-2/h8,10,14,16,18-19,21-22,24-25,27-28,30-31,33-34,49-50,54H,6-7,9,11-13,15,17,20,23,26,29,32,35-48H2,1-5H3,(H-,52,55,56,57)/b10-8-,16-14-,19-18-,22-21-,25-24-,28-27-,31-30-,34-33-. The highest BCUT2D eigenvalue weighted by Gasteiger charge is 2.24. The van der Waals surface area contributed by atoms with E-state index >= 15 is 0 Å². The normalized spacial score (nSPS) is 15.1. The third-order valence-corrected chi connectivity index (χ3v) is 10.8. The second-order valence-electron chi connectivity index (χ2n) is 16.7. The van der Waals surface area contributed by atoms with Crippen molar-refractivity contribution in [3.63, 3.8) is 0 Å². The van der Waals surface area contributed by atoms with E-state index in [0.717, 1.165) is 103 Å². The lowest BCUT2D eigenvalue weighted by Crippen LogP contribution is -2.46. The first-order chi connectivity index (χ1) is 29.0. The second-order valence-corrected chi connectivity index (χ2v) is 18.1. The molecule has 1 amide bonds. The number of hydrogen-bond acceptors (Lipinski definition) is 6. The molecule has 0 aromatic rings. The van der Waals surface area contributed by atoms with E-state index in [4.69, 9.17) is 9.05 Å². The van der Waals surface area contributed by atoms with Gasteiger partial charge in [0.2, 0.25) is 5.91 Å². The lowest BCUT2D eigenvalue weighted by Gasteiger charge is -2.30. The van der Waals surface area contributed by atoms with Crippen LogP contribution in [-0.2, 0) is 18.4 Å². The molecule has 0 saturated heterocycles. The highest BCUT2D eigenvalue weighted by molar-refractivity contribution is 7.45. The molecule has 0 heterocycles. The van der Waals surface area contributed by atoms with Crippen LogP contribution in [0.3, 0.4) is 0 Å². The Morgan fingerprint density at radius 2 is 1.02 bits per heavy atom. The van der Waals surface area contributed by atoms with Gasteiger partial charge in [0.25, 0.3) is 7.82 Å². The summed E-state index contributed by atoms with van der Waals surface area (Å²) in [6, 6.07) is -0.819. The Balaban J connectivity index is 4.26. The topological polar surface area (TPSA) is 108 Å². The quantitative estimate of drug-likeness (QED) is 0.0274. The number of carbonyl (C=O) groups is 1. The molecule has 0 radical (unpaired) electrons. The summed E-state index contributed by atoms with van der Waals surface area (Å²) in [6.45, 7) is 4.53. The van der Waals surface area contributed by atoms with Crippen LogP contribution in [0.5, 0.6) is 0 Å². The molecule has 0 aromatic heterocycles. The molecule has 8 nitrogen and oxygen atoms in total. The SMILES string of the molecule is CC/C=C\C/C=C\C/C=C\C/C=C\C/C=C\C/C=C\C/C=C\C/C=C\CCCCCCC(=O)NC(COP(=O)([O-])OCC[N+](C)(C)C)C(O)CCCCCCCCCCC. The number of quaternary nitrogens is 1. The summed E-state index contributed by atoms with van der Waals surface area (Å²) < 4.78 is 23.2.